The van der Waals surface area contributed by atoms with Crippen molar-refractivity contribution in [2.45, 2.75) is 25.2 Å². The molecule has 1 unspecified atom stereocenters. The molecule has 92 valence electrons. The third-order valence-corrected chi connectivity index (χ3v) is 3.17. The summed E-state index contributed by atoms with van der Waals surface area (Å²) in [6.45, 7) is 0.865. The van der Waals surface area contributed by atoms with Gasteiger partial charge in [0.2, 0.25) is 0 Å². The maximum atomic E-state index is 10.9. The van der Waals surface area contributed by atoms with E-state index in [2.05, 4.69) is 5.32 Å². The van der Waals surface area contributed by atoms with Crippen molar-refractivity contribution >= 4 is 11.7 Å². The Morgan fingerprint density at radius 2 is 2.41 bits per heavy atom. The van der Waals surface area contributed by atoms with Crippen LogP contribution < -0.4 is 10.1 Å². The average Bonchev–Trinajstić information content (AvgIpc) is 2.51. The second-order valence-electron chi connectivity index (χ2n) is 4.29. The highest BCUT2D eigenvalue weighted by Gasteiger charge is 2.22. The molecule has 0 spiro atoms. The van der Waals surface area contributed by atoms with Gasteiger partial charge in [0.15, 0.2) is 0 Å². The number of hydrogen-bond donors (Lipinski definition) is 2. The van der Waals surface area contributed by atoms with Crippen molar-refractivity contribution in [2.24, 2.45) is 0 Å². The number of ether oxygens (including phenoxy) is 1. The Morgan fingerprint density at radius 1 is 1.59 bits per heavy atom. The molecule has 0 aliphatic carbocycles. The molecule has 2 rings (SSSR count). The van der Waals surface area contributed by atoms with Crippen molar-refractivity contribution in [1.82, 2.24) is 0 Å². The minimum absolute atomic E-state index is 0.0765. The van der Waals surface area contributed by atoms with Crippen LogP contribution in [0, 0.1) is 0 Å². The van der Waals surface area contributed by atoms with Crippen molar-refractivity contribution in [3.8, 4) is 5.75 Å². The van der Waals surface area contributed by atoms with Gasteiger partial charge >= 0.3 is 5.97 Å². The Morgan fingerprint density at radius 3 is 3.12 bits per heavy atom. The first kappa shape index (κ1) is 11.8. The van der Waals surface area contributed by atoms with Gasteiger partial charge in [-0.3, -0.25) is 4.79 Å². The summed E-state index contributed by atoms with van der Waals surface area (Å²) in [4.78, 5) is 10.9. The van der Waals surface area contributed by atoms with Gasteiger partial charge in [-0.05, 0) is 30.4 Å². The predicted octanol–water partition coefficient (Wildman–Crippen LogP) is 2.46. The fourth-order valence-corrected chi connectivity index (χ4v) is 2.39. The van der Waals surface area contributed by atoms with E-state index >= 15 is 0 Å². The molecule has 1 atom stereocenters. The summed E-state index contributed by atoms with van der Waals surface area (Å²) in [5.74, 6) is 0.123. The van der Waals surface area contributed by atoms with Crippen LogP contribution in [0.15, 0.2) is 18.2 Å². The average molecular weight is 235 g/mol. The van der Waals surface area contributed by atoms with E-state index in [0.29, 0.717) is 0 Å². The van der Waals surface area contributed by atoms with E-state index in [9.17, 15) is 4.79 Å². The van der Waals surface area contributed by atoms with Crippen LogP contribution in [0.5, 0.6) is 5.75 Å². The van der Waals surface area contributed by atoms with Gasteiger partial charge in [-0.2, -0.15) is 0 Å². The Balaban J connectivity index is 2.38. The molecule has 0 saturated carbocycles. The molecule has 0 aromatic heterocycles. The van der Waals surface area contributed by atoms with Crippen LogP contribution in [-0.2, 0) is 4.79 Å². The van der Waals surface area contributed by atoms with E-state index in [1.807, 2.05) is 18.2 Å². The summed E-state index contributed by atoms with van der Waals surface area (Å²) < 4.78 is 5.31. The van der Waals surface area contributed by atoms with Crippen LogP contribution in [0.2, 0.25) is 0 Å². The predicted molar refractivity (Wildman–Crippen MR) is 65.7 cm³/mol. The number of fused-ring (bicyclic) bond motifs is 1. The summed E-state index contributed by atoms with van der Waals surface area (Å²) >= 11 is 0. The summed E-state index contributed by atoms with van der Waals surface area (Å²) in [5.41, 5.74) is 2.02. The number of hydrogen-bond acceptors (Lipinski definition) is 3. The number of aliphatic carboxylic acids is 1. The largest absolute Gasteiger partial charge is 0.495 e. The standard InChI is InChI=1S/C13H17NO3/c1-17-11-6-2-5-10-9(8-12(15)16)4-3-7-14-13(10)11/h2,5-6,9,14H,3-4,7-8H2,1H3,(H,15,16). The second-order valence-corrected chi connectivity index (χ2v) is 4.29. The van der Waals surface area contributed by atoms with E-state index in [1.165, 1.54) is 0 Å². The van der Waals surface area contributed by atoms with Crippen molar-refractivity contribution < 1.29 is 14.6 Å². The third kappa shape index (κ3) is 2.52. The number of rotatable bonds is 3. The highest BCUT2D eigenvalue weighted by atomic mass is 16.5. The van der Waals surface area contributed by atoms with Crippen LogP contribution in [0.3, 0.4) is 0 Å². The highest BCUT2D eigenvalue weighted by molar-refractivity contribution is 5.70. The normalized spacial score (nSPS) is 18.8. The Hall–Kier alpha value is -1.71. The van der Waals surface area contributed by atoms with Crippen molar-refractivity contribution in [1.29, 1.82) is 0 Å². The Bertz CT molecular complexity index is 417. The number of carbonyl (C=O) groups is 1. The number of anilines is 1. The molecule has 2 N–H and O–H groups in total. The molecular formula is C13H17NO3. The fraction of sp³-hybridized carbons (Fsp3) is 0.462. The zero-order valence-corrected chi connectivity index (χ0v) is 9.90. The van der Waals surface area contributed by atoms with Gasteiger partial charge in [0.25, 0.3) is 0 Å². The maximum absolute atomic E-state index is 10.9. The lowest BCUT2D eigenvalue weighted by molar-refractivity contribution is -0.137. The smallest absolute Gasteiger partial charge is 0.303 e. The van der Waals surface area contributed by atoms with E-state index in [0.717, 1.165) is 36.4 Å². The van der Waals surface area contributed by atoms with Gasteiger partial charge in [-0.25, -0.2) is 0 Å². The van der Waals surface area contributed by atoms with Gasteiger partial charge < -0.3 is 15.2 Å². The van der Waals surface area contributed by atoms with E-state index in [1.54, 1.807) is 7.11 Å². The van der Waals surface area contributed by atoms with E-state index in [-0.39, 0.29) is 12.3 Å². The highest BCUT2D eigenvalue weighted by Crippen LogP contribution is 2.38. The molecule has 1 aromatic carbocycles. The molecule has 0 amide bonds. The quantitative estimate of drug-likeness (QED) is 0.845. The zero-order valence-electron chi connectivity index (χ0n) is 9.90. The number of benzene rings is 1. The molecule has 0 fully saturated rings. The number of methoxy groups -OCH3 is 1. The lowest BCUT2D eigenvalue weighted by Gasteiger charge is -2.17. The molecule has 0 bridgehead atoms. The summed E-state index contributed by atoms with van der Waals surface area (Å²) in [5, 5.41) is 12.3. The van der Waals surface area contributed by atoms with Crippen LogP contribution in [-0.4, -0.2) is 24.7 Å². The van der Waals surface area contributed by atoms with Crippen LogP contribution >= 0.6 is 0 Å². The molecule has 0 radical (unpaired) electrons. The second kappa shape index (κ2) is 5.08. The number of para-hydroxylation sites is 1. The zero-order chi connectivity index (χ0) is 12.3. The number of nitrogens with one attached hydrogen (secondary N) is 1. The maximum Gasteiger partial charge on any atom is 0.303 e. The minimum Gasteiger partial charge on any atom is -0.495 e. The van der Waals surface area contributed by atoms with Crippen LogP contribution in [0.1, 0.15) is 30.7 Å². The first-order valence-corrected chi connectivity index (χ1v) is 5.85. The third-order valence-electron chi connectivity index (χ3n) is 3.17. The van der Waals surface area contributed by atoms with Gasteiger partial charge in [0.1, 0.15) is 5.75 Å². The molecule has 1 aliphatic rings. The van der Waals surface area contributed by atoms with Gasteiger partial charge in [-0.15, -0.1) is 0 Å². The molecule has 17 heavy (non-hydrogen) atoms. The molecule has 1 aromatic rings. The lowest BCUT2D eigenvalue weighted by atomic mass is 9.91. The van der Waals surface area contributed by atoms with Gasteiger partial charge in [0, 0.05) is 6.54 Å². The molecule has 4 heteroatoms. The van der Waals surface area contributed by atoms with Crippen molar-refractivity contribution in [3.63, 3.8) is 0 Å². The lowest BCUT2D eigenvalue weighted by Crippen LogP contribution is -2.06. The van der Waals surface area contributed by atoms with Crippen molar-refractivity contribution in [3.05, 3.63) is 23.8 Å². The fourth-order valence-electron chi connectivity index (χ4n) is 2.39. The van der Waals surface area contributed by atoms with Crippen LogP contribution in [0.4, 0.5) is 5.69 Å². The minimum atomic E-state index is -0.745. The monoisotopic (exact) mass is 235 g/mol. The number of carboxylic acids is 1. The van der Waals surface area contributed by atoms with E-state index in [4.69, 9.17) is 9.84 Å². The topological polar surface area (TPSA) is 58.6 Å². The van der Waals surface area contributed by atoms with E-state index < -0.39 is 5.97 Å². The molecule has 1 heterocycles. The molecule has 4 nitrogen and oxygen atoms in total. The van der Waals surface area contributed by atoms with Gasteiger partial charge in [-0.1, -0.05) is 12.1 Å². The van der Waals surface area contributed by atoms with Crippen LogP contribution in [0.25, 0.3) is 0 Å². The van der Waals surface area contributed by atoms with Gasteiger partial charge in [0.05, 0.1) is 19.2 Å². The summed E-state index contributed by atoms with van der Waals surface area (Å²) in [7, 11) is 1.63. The first-order valence-electron chi connectivity index (χ1n) is 5.85. The number of carboxylic acid groups (broad SMARTS) is 1. The summed E-state index contributed by atoms with van der Waals surface area (Å²) in [6, 6.07) is 5.80. The molecular weight excluding hydrogens is 218 g/mol. The first-order chi connectivity index (χ1) is 8.22. The Kier molecular flexibility index (Phi) is 3.52. The molecule has 0 saturated heterocycles. The Labute approximate surface area is 101 Å². The van der Waals surface area contributed by atoms with Crippen molar-refractivity contribution in [2.75, 3.05) is 19.0 Å². The SMILES string of the molecule is COc1cccc2c1NCCCC2CC(=O)O. The summed E-state index contributed by atoms with van der Waals surface area (Å²) in [6.07, 6.45) is 2.07. The molecule has 1 aliphatic heterocycles.